The van der Waals surface area contributed by atoms with Crippen LogP contribution < -0.4 is 11.5 Å². The van der Waals surface area contributed by atoms with Crippen molar-refractivity contribution in [3.05, 3.63) is 17.7 Å². The highest BCUT2D eigenvalue weighted by molar-refractivity contribution is 5.91. The molecule has 0 aliphatic carbocycles. The fraction of sp³-hybridized carbons (Fsp3) is 0. The minimum Gasteiger partial charge on any atom is -0.507 e. The van der Waals surface area contributed by atoms with Crippen LogP contribution in [-0.2, 0) is 0 Å². The number of rotatable bonds is 1. The van der Waals surface area contributed by atoms with Crippen molar-refractivity contribution < 1.29 is 9.90 Å². The fourth-order valence-corrected chi connectivity index (χ4v) is 0.766. The van der Waals surface area contributed by atoms with E-state index in [0.717, 1.165) is 0 Å². The topological polar surface area (TPSA) is 89.3 Å². The zero-order valence-electron chi connectivity index (χ0n) is 5.74. The maximum absolute atomic E-state index is 10.3. The van der Waals surface area contributed by atoms with Gasteiger partial charge in [0, 0.05) is 0 Å². The number of carbonyl (C=O) groups is 1. The number of phenols is 1. The highest BCUT2D eigenvalue weighted by Gasteiger charge is 2.06. The maximum Gasteiger partial charge on any atom is 0.155 e. The van der Waals surface area contributed by atoms with Gasteiger partial charge in [0.05, 0.1) is 16.9 Å². The van der Waals surface area contributed by atoms with Crippen molar-refractivity contribution in [3.8, 4) is 5.75 Å². The van der Waals surface area contributed by atoms with E-state index in [1.54, 1.807) is 0 Å². The molecule has 0 heterocycles. The van der Waals surface area contributed by atoms with Crippen LogP contribution in [0.4, 0.5) is 11.4 Å². The van der Waals surface area contributed by atoms with Crippen LogP contribution in [0, 0.1) is 0 Å². The maximum atomic E-state index is 10.3. The standard InChI is InChI=1S/C7H8N2O2/c8-5-1-2-6(11)4(3-10)7(5)9/h1-3,11H,8-9H2. The van der Waals surface area contributed by atoms with E-state index in [2.05, 4.69) is 0 Å². The second kappa shape index (κ2) is 2.49. The van der Waals surface area contributed by atoms with E-state index in [0.29, 0.717) is 12.0 Å². The summed E-state index contributed by atoms with van der Waals surface area (Å²) in [7, 11) is 0. The number of aldehydes is 1. The second-order valence-corrected chi connectivity index (χ2v) is 2.12. The van der Waals surface area contributed by atoms with Gasteiger partial charge in [-0.05, 0) is 12.1 Å². The Hall–Kier alpha value is -1.71. The Morgan fingerprint density at radius 3 is 2.45 bits per heavy atom. The summed E-state index contributed by atoms with van der Waals surface area (Å²) in [6.45, 7) is 0. The van der Waals surface area contributed by atoms with Crippen LogP contribution in [0.1, 0.15) is 10.4 Å². The molecular weight excluding hydrogens is 144 g/mol. The molecule has 1 aromatic rings. The molecule has 0 saturated carbocycles. The van der Waals surface area contributed by atoms with Gasteiger partial charge in [-0.25, -0.2) is 0 Å². The summed E-state index contributed by atoms with van der Waals surface area (Å²) >= 11 is 0. The largest absolute Gasteiger partial charge is 0.507 e. The quantitative estimate of drug-likeness (QED) is 0.308. The van der Waals surface area contributed by atoms with Crippen molar-refractivity contribution in [2.75, 3.05) is 11.5 Å². The van der Waals surface area contributed by atoms with Gasteiger partial charge in [0.15, 0.2) is 6.29 Å². The molecule has 0 aromatic heterocycles. The summed E-state index contributed by atoms with van der Waals surface area (Å²) in [5, 5.41) is 9.05. The molecule has 4 heteroatoms. The molecule has 0 radical (unpaired) electrons. The van der Waals surface area contributed by atoms with Gasteiger partial charge in [-0.3, -0.25) is 4.79 Å². The van der Waals surface area contributed by atoms with Gasteiger partial charge in [-0.2, -0.15) is 0 Å². The molecule has 0 aliphatic rings. The Morgan fingerprint density at radius 1 is 1.36 bits per heavy atom. The van der Waals surface area contributed by atoms with E-state index < -0.39 is 0 Å². The molecule has 5 N–H and O–H groups in total. The van der Waals surface area contributed by atoms with Gasteiger partial charge in [0.2, 0.25) is 0 Å². The second-order valence-electron chi connectivity index (χ2n) is 2.12. The SMILES string of the molecule is Nc1ccc(O)c(C=O)c1N. The lowest BCUT2D eigenvalue weighted by molar-refractivity contribution is 0.112. The lowest BCUT2D eigenvalue weighted by Crippen LogP contribution is -1.98. The van der Waals surface area contributed by atoms with Gasteiger partial charge in [0.1, 0.15) is 5.75 Å². The van der Waals surface area contributed by atoms with Crippen molar-refractivity contribution in [2.45, 2.75) is 0 Å². The van der Waals surface area contributed by atoms with Crippen LogP contribution >= 0.6 is 0 Å². The minimum absolute atomic E-state index is 0.0463. The number of nitrogens with two attached hydrogens (primary N) is 2. The average molecular weight is 152 g/mol. The van der Waals surface area contributed by atoms with Gasteiger partial charge in [-0.15, -0.1) is 0 Å². The molecular formula is C7H8N2O2. The number of hydrogen-bond acceptors (Lipinski definition) is 4. The third-order valence-corrected chi connectivity index (χ3v) is 1.42. The van der Waals surface area contributed by atoms with E-state index >= 15 is 0 Å². The monoisotopic (exact) mass is 152 g/mol. The van der Waals surface area contributed by atoms with Gasteiger partial charge < -0.3 is 16.6 Å². The molecule has 0 aliphatic heterocycles. The number of phenolic OH excluding ortho intramolecular Hbond substituents is 1. The first-order valence-electron chi connectivity index (χ1n) is 2.99. The normalized spacial score (nSPS) is 9.45. The predicted octanol–water partition coefficient (Wildman–Crippen LogP) is 0.369. The van der Waals surface area contributed by atoms with Crippen molar-refractivity contribution >= 4 is 17.7 Å². The summed E-state index contributed by atoms with van der Waals surface area (Å²) in [6, 6.07) is 2.77. The van der Waals surface area contributed by atoms with Gasteiger partial charge >= 0.3 is 0 Å². The number of carbonyl (C=O) groups excluding carboxylic acids is 1. The van der Waals surface area contributed by atoms with Crippen LogP contribution in [-0.4, -0.2) is 11.4 Å². The van der Waals surface area contributed by atoms with Crippen molar-refractivity contribution in [1.29, 1.82) is 0 Å². The molecule has 0 unspecified atom stereocenters. The van der Waals surface area contributed by atoms with Crippen LogP contribution in [0.2, 0.25) is 0 Å². The molecule has 0 fully saturated rings. The van der Waals surface area contributed by atoms with Crippen LogP contribution in [0.3, 0.4) is 0 Å². The highest BCUT2D eigenvalue weighted by Crippen LogP contribution is 2.26. The molecule has 0 saturated heterocycles. The van der Waals surface area contributed by atoms with Crippen molar-refractivity contribution in [2.24, 2.45) is 0 Å². The molecule has 1 aromatic carbocycles. The lowest BCUT2D eigenvalue weighted by atomic mass is 10.1. The van der Waals surface area contributed by atoms with E-state index in [1.165, 1.54) is 12.1 Å². The van der Waals surface area contributed by atoms with E-state index in [4.69, 9.17) is 16.6 Å². The number of nitrogen functional groups attached to an aromatic ring is 2. The summed E-state index contributed by atoms with van der Waals surface area (Å²) in [5.41, 5.74) is 11.2. The number of anilines is 2. The summed E-state index contributed by atoms with van der Waals surface area (Å²) in [6.07, 6.45) is 0.473. The Balaban J connectivity index is 3.40. The van der Waals surface area contributed by atoms with Crippen LogP contribution in [0.25, 0.3) is 0 Å². The van der Waals surface area contributed by atoms with E-state index in [9.17, 15) is 4.79 Å². The first kappa shape index (κ1) is 7.40. The first-order chi connectivity index (χ1) is 5.16. The summed E-state index contributed by atoms with van der Waals surface area (Å²) in [4.78, 5) is 10.3. The molecule has 0 atom stereocenters. The van der Waals surface area contributed by atoms with Crippen LogP contribution in [0.15, 0.2) is 12.1 Å². The highest BCUT2D eigenvalue weighted by atomic mass is 16.3. The molecule has 0 amide bonds. The lowest BCUT2D eigenvalue weighted by Gasteiger charge is -2.03. The Labute approximate surface area is 63.4 Å². The predicted molar refractivity (Wildman–Crippen MR) is 42.3 cm³/mol. The third kappa shape index (κ3) is 1.10. The summed E-state index contributed by atoms with van der Waals surface area (Å²) < 4.78 is 0. The molecule has 11 heavy (non-hydrogen) atoms. The van der Waals surface area contributed by atoms with E-state index in [-0.39, 0.29) is 17.0 Å². The number of hydrogen-bond donors (Lipinski definition) is 3. The third-order valence-electron chi connectivity index (χ3n) is 1.42. The van der Waals surface area contributed by atoms with Crippen molar-refractivity contribution in [1.82, 2.24) is 0 Å². The zero-order chi connectivity index (χ0) is 8.43. The number of aromatic hydroxyl groups is 1. The minimum atomic E-state index is -0.147. The fourth-order valence-electron chi connectivity index (χ4n) is 0.766. The molecule has 0 spiro atoms. The Kier molecular flexibility index (Phi) is 1.68. The first-order valence-corrected chi connectivity index (χ1v) is 2.99. The Bertz CT molecular complexity index is 297. The van der Waals surface area contributed by atoms with Gasteiger partial charge in [-0.1, -0.05) is 0 Å². The van der Waals surface area contributed by atoms with Crippen molar-refractivity contribution in [3.63, 3.8) is 0 Å². The molecule has 4 nitrogen and oxygen atoms in total. The molecule has 1 rings (SSSR count). The van der Waals surface area contributed by atoms with Crippen LogP contribution in [0.5, 0.6) is 5.75 Å². The van der Waals surface area contributed by atoms with E-state index in [1.807, 2.05) is 0 Å². The average Bonchev–Trinajstić information content (AvgIpc) is 1.99. The number of benzene rings is 1. The molecule has 0 bridgehead atoms. The Morgan fingerprint density at radius 2 is 2.00 bits per heavy atom. The molecule has 58 valence electrons. The zero-order valence-corrected chi connectivity index (χ0v) is 5.74. The van der Waals surface area contributed by atoms with Gasteiger partial charge in [0.25, 0.3) is 0 Å². The smallest absolute Gasteiger partial charge is 0.155 e. The summed E-state index contributed by atoms with van der Waals surface area (Å²) in [5.74, 6) is -0.147.